The second kappa shape index (κ2) is 6.00. The quantitative estimate of drug-likeness (QED) is 0.831. The van der Waals surface area contributed by atoms with Gasteiger partial charge in [-0.2, -0.15) is 5.10 Å². The number of nitrogens with one attached hydrogen (secondary N) is 1. The van der Waals surface area contributed by atoms with Crippen LogP contribution in [0.4, 0.5) is 0 Å². The number of likely N-dealkylation sites (N-methyl/N-ethyl adjacent to an activating group) is 1. The zero-order valence-electron chi connectivity index (χ0n) is 11.2. The molecule has 1 aromatic heterocycles. The zero-order chi connectivity index (χ0) is 13.0. The number of hydrogen-bond donors (Lipinski definition) is 1. The van der Waals surface area contributed by atoms with Crippen molar-refractivity contribution in [3.8, 4) is 0 Å². The van der Waals surface area contributed by atoms with Crippen molar-refractivity contribution in [2.75, 3.05) is 19.6 Å². The highest BCUT2D eigenvalue weighted by atomic mass is 16.2. The SMILES string of the molecule is CCNC1CCCN(CCc2ccn(C)n2)C1=O. The Morgan fingerprint density at radius 1 is 1.56 bits per heavy atom. The van der Waals surface area contributed by atoms with E-state index in [1.807, 2.05) is 31.1 Å². The van der Waals surface area contributed by atoms with Crippen molar-refractivity contribution < 1.29 is 4.79 Å². The zero-order valence-corrected chi connectivity index (χ0v) is 11.2. The summed E-state index contributed by atoms with van der Waals surface area (Å²) in [6, 6.07) is 2.03. The van der Waals surface area contributed by atoms with Crippen molar-refractivity contribution in [3.63, 3.8) is 0 Å². The standard InChI is InChI=1S/C13H22N4O/c1-3-14-12-5-4-8-17(13(12)18)10-7-11-6-9-16(2)15-11/h6,9,12,14H,3-5,7-8,10H2,1-2H3. The Kier molecular flexibility index (Phi) is 4.36. The topological polar surface area (TPSA) is 50.2 Å². The summed E-state index contributed by atoms with van der Waals surface area (Å²) < 4.78 is 1.80. The minimum Gasteiger partial charge on any atom is -0.341 e. The monoisotopic (exact) mass is 250 g/mol. The van der Waals surface area contributed by atoms with Gasteiger partial charge in [-0.3, -0.25) is 9.48 Å². The van der Waals surface area contributed by atoms with Crippen LogP contribution in [0.2, 0.25) is 0 Å². The lowest BCUT2D eigenvalue weighted by molar-refractivity contribution is -0.135. The van der Waals surface area contributed by atoms with Gasteiger partial charge in [-0.1, -0.05) is 6.92 Å². The summed E-state index contributed by atoms with van der Waals surface area (Å²) in [6.45, 7) is 4.55. The molecular weight excluding hydrogens is 228 g/mol. The molecule has 2 rings (SSSR count). The molecule has 1 aliphatic rings. The molecule has 0 spiro atoms. The number of nitrogens with zero attached hydrogens (tertiary/aromatic N) is 3. The molecular formula is C13H22N4O. The predicted octanol–water partition coefficient (Wildman–Crippen LogP) is 0.563. The van der Waals surface area contributed by atoms with E-state index in [-0.39, 0.29) is 11.9 Å². The molecule has 100 valence electrons. The maximum absolute atomic E-state index is 12.2. The summed E-state index contributed by atoms with van der Waals surface area (Å²) in [5.41, 5.74) is 1.05. The summed E-state index contributed by atoms with van der Waals surface area (Å²) in [5, 5.41) is 7.59. The smallest absolute Gasteiger partial charge is 0.239 e. The second-order valence-electron chi connectivity index (χ2n) is 4.81. The lowest BCUT2D eigenvalue weighted by Gasteiger charge is -2.32. The van der Waals surface area contributed by atoms with Crippen molar-refractivity contribution in [2.24, 2.45) is 7.05 Å². The molecule has 1 saturated heterocycles. The maximum Gasteiger partial charge on any atom is 0.239 e. The molecule has 1 N–H and O–H groups in total. The van der Waals surface area contributed by atoms with Gasteiger partial charge < -0.3 is 10.2 Å². The van der Waals surface area contributed by atoms with Gasteiger partial charge in [-0.25, -0.2) is 0 Å². The Bertz CT molecular complexity index is 399. The Morgan fingerprint density at radius 2 is 2.39 bits per heavy atom. The van der Waals surface area contributed by atoms with Crippen LogP contribution in [0.1, 0.15) is 25.5 Å². The van der Waals surface area contributed by atoms with Crippen LogP contribution < -0.4 is 5.32 Å². The molecule has 2 heterocycles. The van der Waals surface area contributed by atoms with E-state index in [4.69, 9.17) is 0 Å². The minimum absolute atomic E-state index is 0.0208. The van der Waals surface area contributed by atoms with E-state index in [2.05, 4.69) is 10.4 Å². The van der Waals surface area contributed by atoms with Gasteiger partial charge in [0.2, 0.25) is 5.91 Å². The third-order valence-electron chi connectivity index (χ3n) is 3.39. The normalized spacial score (nSPS) is 20.4. The van der Waals surface area contributed by atoms with E-state index >= 15 is 0 Å². The van der Waals surface area contributed by atoms with Crippen molar-refractivity contribution in [2.45, 2.75) is 32.2 Å². The van der Waals surface area contributed by atoms with Crippen molar-refractivity contribution in [1.82, 2.24) is 20.0 Å². The average molecular weight is 250 g/mol. The fourth-order valence-electron chi connectivity index (χ4n) is 2.44. The highest BCUT2D eigenvalue weighted by Crippen LogP contribution is 2.12. The fraction of sp³-hybridized carbons (Fsp3) is 0.692. The van der Waals surface area contributed by atoms with Crippen molar-refractivity contribution in [1.29, 1.82) is 0 Å². The maximum atomic E-state index is 12.2. The summed E-state index contributed by atoms with van der Waals surface area (Å²) in [7, 11) is 1.91. The third-order valence-corrected chi connectivity index (χ3v) is 3.39. The molecule has 1 fully saturated rings. The Labute approximate surface area is 108 Å². The van der Waals surface area contributed by atoms with Gasteiger partial charge in [-0.05, 0) is 25.5 Å². The van der Waals surface area contributed by atoms with E-state index in [0.717, 1.165) is 44.6 Å². The van der Waals surface area contributed by atoms with Crippen LogP contribution in [0.3, 0.4) is 0 Å². The van der Waals surface area contributed by atoms with Gasteiger partial charge in [0.25, 0.3) is 0 Å². The average Bonchev–Trinajstić information content (AvgIpc) is 2.77. The Morgan fingerprint density at radius 3 is 3.06 bits per heavy atom. The third kappa shape index (κ3) is 3.10. The van der Waals surface area contributed by atoms with Gasteiger partial charge in [0.05, 0.1) is 11.7 Å². The van der Waals surface area contributed by atoms with Gasteiger partial charge in [-0.15, -0.1) is 0 Å². The number of aryl methyl sites for hydroxylation is 1. The van der Waals surface area contributed by atoms with Crippen LogP contribution in [-0.2, 0) is 18.3 Å². The predicted molar refractivity (Wildman–Crippen MR) is 70.2 cm³/mol. The lowest BCUT2D eigenvalue weighted by atomic mass is 10.0. The van der Waals surface area contributed by atoms with Crippen molar-refractivity contribution >= 4 is 5.91 Å². The molecule has 0 aromatic carbocycles. The summed E-state index contributed by atoms with van der Waals surface area (Å²) in [4.78, 5) is 14.1. The molecule has 5 nitrogen and oxygen atoms in total. The molecule has 0 aliphatic carbocycles. The largest absolute Gasteiger partial charge is 0.341 e. The van der Waals surface area contributed by atoms with Gasteiger partial charge in [0.1, 0.15) is 0 Å². The van der Waals surface area contributed by atoms with Crippen LogP contribution in [0, 0.1) is 0 Å². The highest BCUT2D eigenvalue weighted by Gasteiger charge is 2.27. The van der Waals surface area contributed by atoms with Gasteiger partial charge >= 0.3 is 0 Å². The molecule has 0 radical (unpaired) electrons. The van der Waals surface area contributed by atoms with Gasteiger partial charge in [0.15, 0.2) is 0 Å². The summed E-state index contributed by atoms with van der Waals surface area (Å²) in [6.07, 6.45) is 4.83. The van der Waals surface area contributed by atoms with E-state index in [0.29, 0.717) is 0 Å². The molecule has 1 unspecified atom stereocenters. The first-order valence-electron chi connectivity index (χ1n) is 6.71. The first-order valence-corrected chi connectivity index (χ1v) is 6.71. The number of carbonyl (C=O) groups is 1. The van der Waals surface area contributed by atoms with Crippen molar-refractivity contribution in [3.05, 3.63) is 18.0 Å². The van der Waals surface area contributed by atoms with E-state index in [1.54, 1.807) is 4.68 Å². The number of piperidine rings is 1. The molecule has 1 aliphatic heterocycles. The molecule has 0 saturated carbocycles. The number of likely N-dealkylation sites (tertiary alicyclic amines) is 1. The lowest BCUT2D eigenvalue weighted by Crippen LogP contribution is -2.51. The Balaban J connectivity index is 1.86. The number of carbonyl (C=O) groups excluding carboxylic acids is 1. The summed E-state index contributed by atoms with van der Waals surface area (Å²) >= 11 is 0. The second-order valence-corrected chi connectivity index (χ2v) is 4.81. The summed E-state index contributed by atoms with van der Waals surface area (Å²) in [5.74, 6) is 0.249. The Hall–Kier alpha value is -1.36. The first-order chi connectivity index (χ1) is 8.70. The highest BCUT2D eigenvalue weighted by molar-refractivity contribution is 5.82. The molecule has 5 heteroatoms. The van der Waals surface area contributed by atoms with E-state index in [9.17, 15) is 4.79 Å². The van der Waals surface area contributed by atoms with E-state index < -0.39 is 0 Å². The van der Waals surface area contributed by atoms with Crippen LogP contribution in [0.5, 0.6) is 0 Å². The fourth-order valence-corrected chi connectivity index (χ4v) is 2.44. The van der Waals surface area contributed by atoms with Gasteiger partial charge in [0, 0.05) is 32.8 Å². The molecule has 1 aromatic rings. The van der Waals surface area contributed by atoms with E-state index in [1.165, 1.54) is 0 Å². The molecule has 1 atom stereocenters. The van der Waals surface area contributed by atoms with Crippen LogP contribution in [-0.4, -0.2) is 46.3 Å². The minimum atomic E-state index is 0.0208. The molecule has 1 amide bonds. The number of hydrogen-bond acceptors (Lipinski definition) is 3. The number of rotatable bonds is 5. The molecule has 18 heavy (non-hydrogen) atoms. The van der Waals surface area contributed by atoms with Crippen LogP contribution in [0.25, 0.3) is 0 Å². The molecule has 0 bridgehead atoms. The van der Waals surface area contributed by atoms with Crippen LogP contribution >= 0.6 is 0 Å². The first kappa shape index (κ1) is 13.1. The number of amides is 1. The number of aromatic nitrogens is 2. The van der Waals surface area contributed by atoms with Crippen LogP contribution in [0.15, 0.2) is 12.3 Å².